The monoisotopic (exact) mass is 261 g/mol. The first-order valence-electron chi connectivity index (χ1n) is 6.72. The number of carboxylic acid groups (broad SMARTS) is 1. The van der Waals surface area contributed by atoms with Crippen molar-refractivity contribution in [1.29, 1.82) is 0 Å². The van der Waals surface area contributed by atoms with Crippen molar-refractivity contribution >= 4 is 11.9 Å². The van der Waals surface area contributed by atoms with Crippen molar-refractivity contribution in [1.82, 2.24) is 4.90 Å². The Balaban J connectivity index is 2.06. The zero-order valence-electron chi connectivity index (χ0n) is 11.1. The van der Waals surface area contributed by atoms with Gasteiger partial charge in [0, 0.05) is 6.54 Å². The van der Waals surface area contributed by atoms with Crippen LogP contribution in [0, 0.1) is 0 Å². The third-order valence-corrected chi connectivity index (χ3v) is 3.61. The largest absolute Gasteiger partial charge is 0.480 e. The Labute approximate surface area is 113 Å². The Kier molecular flexibility index (Phi) is 4.20. The number of amides is 1. The Hall–Kier alpha value is -1.84. The molecule has 0 aromatic heterocycles. The summed E-state index contributed by atoms with van der Waals surface area (Å²) in [5.41, 5.74) is 2.15. The number of hydrogen-bond donors (Lipinski definition) is 1. The first-order valence-corrected chi connectivity index (χ1v) is 6.72. The molecular weight excluding hydrogens is 242 g/mol. The van der Waals surface area contributed by atoms with Crippen LogP contribution in [0.3, 0.4) is 0 Å². The molecular formula is C15H19NO3. The van der Waals surface area contributed by atoms with E-state index in [0.717, 1.165) is 18.4 Å². The van der Waals surface area contributed by atoms with Gasteiger partial charge in [0.15, 0.2) is 0 Å². The molecule has 0 radical (unpaired) electrons. The minimum Gasteiger partial charge on any atom is -0.480 e. The second-order valence-corrected chi connectivity index (χ2v) is 4.93. The zero-order valence-corrected chi connectivity index (χ0v) is 11.1. The number of likely N-dealkylation sites (tertiary alicyclic amines) is 1. The van der Waals surface area contributed by atoms with E-state index in [0.29, 0.717) is 13.0 Å². The number of aryl methyl sites for hydroxylation is 1. The highest BCUT2D eigenvalue weighted by atomic mass is 16.4. The number of benzene rings is 1. The number of hydrogen-bond acceptors (Lipinski definition) is 2. The lowest BCUT2D eigenvalue weighted by atomic mass is 10.1. The third-order valence-electron chi connectivity index (χ3n) is 3.61. The lowest BCUT2D eigenvalue weighted by molar-refractivity contribution is -0.148. The van der Waals surface area contributed by atoms with Crippen LogP contribution in [0.1, 0.15) is 30.9 Å². The van der Waals surface area contributed by atoms with E-state index in [1.807, 2.05) is 24.3 Å². The van der Waals surface area contributed by atoms with Crippen molar-refractivity contribution in [2.45, 2.75) is 38.6 Å². The molecule has 4 nitrogen and oxygen atoms in total. The molecule has 19 heavy (non-hydrogen) atoms. The zero-order chi connectivity index (χ0) is 13.8. The normalized spacial score (nSPS) is 18.6. The van der Waals surface area contributed by atoms with Gasteiger partial charge in [-0.25, -0.2) is 4.79 Å². The molecule has 1 aromatic carbocycles. The molecule has 1 atom stereocenters. The van der Waals surface area contributed by atoms with Gasteiger partial charge in [0.25, 0.3) is 0 Å². The second kappa shape index (κ2) is 5.87. The Morgan fingerprint density at radius 3 is 2.79 bits per heavy atom. The Morgan fingerprint density at radius 2 is 2.11 bits per heavy atom. The van der Waals surface area contributed by atoms with Gasteiger partial charge >= 0.3 is 5.97 Å². The number of carbonyl (C=O) groups is 2. The van der Waals surface area contributed by atoms with E-state index >= 15 is 0 Å². The van der Waals surface area contributed by atoms with E-state index in [-0.39, 0.29) is 12.3 Å². The van der Waals surface area contributed by atoms with Gasteiger partial charge in [-0.15, -0.1) is 0 Å². The highest BCUT2D eigenvalue weighted by molar-refractivity contribution is 5.85. The molecule has 2 rings (SSSR count). The van der Waals surface area contributed by atoms with Crippen LogP contribution in [-0.2, 0) is 22.4 Å². The molecule has 102 valence electrons. The summed E-state index contributed by atoms with van der Waals surface area (Å²) >= 11 is 0. The quantitative estimate of drug-likeness (QED) is 0.900. The van der Waals surface area contributed by atoms with Crippen molar-refractivity contribution in [3.05, 3.63) is 35.4 Å². The van der Waals surface area contributed by atoms with Crippen LogP contribution in [0.4, 0.5) is 0 Å². The molecule has 1 N–H and O–H groups in total. The lowest BCUT2D eigenvalue weighted by Crippen LogP contribution is -2.41. The molecule has 0 saturated carbocycles. The van der Waals surface area contributed by atoms with Crippen molar-refractivity contribution in [3.8, 4) is 0 Å². The maximum atomic E-state index is 12.2. The Bertz CT molecular complexity index is 484. The van der Waals surface area contributed by atoms with Crippen LogP contribution >= 0.6 is 0 Å². The smallest absolute Gasteiger partial charge is 0.326 e. The predicted octanol–water partition coefficient (Wildman–Crippen LogP) is 1.87. The van der Waals surface area contributed by atoms with Gasteiger partial charge in [0.2, 0.25) is 5.91 Å². The first-order chi connectivity index (χ1) is 9.11. The standard InChI is InChI=1S/C15H19NO3/c1-2-11-5-3-6-12(9-11)10-14(17)16-8-4-7-13(16)15(18)19/h3,5-6,9,13H,2,4,7-8,10H2,1H3,(H,18,19). The minimum atomic E-state index is -0.895. The molecule has 1 aliphatic heterocycles. The first kappa shape index (κ1) is 13.6. The average Bonchev–Trinajstić information content (AvgIpc) is 2.88. The maximum absolute atomic E-state index is 12.2. The van der Waals surface area contributed by atoms with Crippen LogP contribution in [0.15, 0.2) is 24.3 Å². The second-order valence-electron chi connectivity index (χ2n) is 4.93. The number of aliphatic carboxylic acids is 1. The maximum Gasteiger partial charge on any atom is 0.326 e. The minimum absolute atomic E-state index is 0.0850. The summed E-state index contributed by atoms with van der Waals surface area (Å²) in [7, 11) is 0. The van der Waals surface area contributed by atoms with Gasteiger partial charge in [-0.05, 0) is 30.4 Å². The SMILES string of the molecule is CCc1cccc(CC(=O)N2CCCC2C(=O)O)c1. The molecule has 1 unspecified atom stereocenters. The molecule has 1 saturated heterocycles. The van der Waals surface area contributed by atoms with Crippen molar-refractivity contribution in [2.75, 3.05) is 6.54 Å². The van der Waals surface area contributed by atoms with Crippen LogP contribution in [0.5, 0.6) is 0 Å². The van der Waals surface area contributed by atoms with Gasteiger partial charge in [-0.3, -0.25) is 4.79 Å². The Morgan fingerprint density at radius 1 is 1.37 bits per heavy atom. The van der Waals surface area contributed by atoms with Crippen molar-refractivity contribution < 1.29 is 14.7 Å². The average molecular weight is 261 g/mol. The summed E-state index contributed by atoms with van der Waals surface area (Å²) in [5.74, 6) is -0.980. The van der Waals surface area contributed by atoms with Gasteiger partial charge < -0.3 is 10.0 Å². The number of carboxylic acids is 1. The number of carbonyl (C=O) groups excluding carboxylic acids is 1. The van der Waals surface area contributed by atoms with Gasteiger partial charge in [-0.2, -0.15) is 0 Å². The summed E-state index contributed by atoms with van der Waals surface area (Å²) in [6, 6.07) is 7.28. The van der Waals surface area contributed by atoms with Crippen LogP contribution in [0.2, 0.25) is 0 Å². The molecule has 1 aromatic rings. The predicted molar refractivity (Wildman–Crippen MR) is 71.9 cm³/mol. The van der Waals surface area contributed by atoms with E-state index in [1.54, 1.807) is 0 Å². The van der Waals surface area contributed by atoms with E-state index in [4.69, 9.17) is 5.11 Å². The summed E-state index contributed by atoms with van der Waals surface area (Å²) < 4.78 is 0. The fourth-order valence-corrected chi connectivity index (χ4v) is 2.56. The molecule has 1 amide bonds. The molecule has 0 aliphatic carbocycles. The summed E-state index contributed by atoms with van der Waals surface area (Å²) in [5, 5.41) is 9.09. The molecule has 4 heteroatoms. The van der Waals surface area contributed by atoms with Gasteiger partial charge in [0.05, 0.1) is 6.42 Å². The highest BCUT2D eigenvalue weighted by Gasteiger charge is 2.33. The van der Waals surface area contributed by atoms with E-state index in [2.05, 4.69) is 6.92 Å². The summed E-state index contributed by atoms with van der Waals surface area (Å²) in [6.45, 7) is 2.63. The van der Waals surface area contributed by atoms with E-state index in [1.165, 1.54) is 10.5 Å². The van der Waals surface area contributed by atoms with Crippen LogP contribution in [0.25, 0.3) is 0 Å². The summed E-state index contributed by atoms with van der Waals surface area (Å²) in [4.78, 5) is 24.8. The molecule has 1 fully saturated rings. The van der Waals surface area contributed by atoms with Gasteiger partial charge in [-0.1, -0.05) is 31.2 Å². The van der Waals surface area contributed by atoms with Crippen LogP contribution in [-0.4, -0.2) is 34.5 Å². The topological polar surface area (TPSA) is 57.6 Å². The van der Waals surface area contributed by atoms with Crippen LogP contribution < -0.4 is 0 Å². The third kappa shape index (κ3) is 3.13. The molecule has 0 bridgehead atoms. The van der Waals surface area contributed by atoms with E-state index in [9.17, 15) is 9.59 Å². The lowest BCUT2D eigenvalue weighted by Gasteiger charge is -2.21. The highest BCUT2D eigenvalue weighted by Crippen LogP contribution is 2.19. The molecule has 0 spiro atoms. The fraction of sp³-hybridized carbons (Fsp3) is 0.467. The molecule has 1 aliphatic rings. The van der Waals surface area contributed by atoms with Crippen molar-refractivity contribution in [3.63, 3.8) is 0 Å². The fourth-order valence-electron chi connectivity index (χ4n) is 2.56. The summed E-state index contributed by atoms with van der Waals surface area (Å²) in [6.07, 6.45) is 2.56. The number of rotatable bonds is 4. The molecule has 1 heterocycles. The van der Waals surface area contributed by atoms with Gasteiger partial charge in [0.1, 0.15) is 6.04 Å². The van der Waals surface area contributed by atoms with E-state index < -0.39 is 12.0 Å². The van der Waals surface area contributed by atoms with Crippen molar-refractivity contribution in [2.24, 2.45) is 0 Å². The number of nitrogens with zero attached hydrogens (tertiary/aromatic N) is 1.